The van der Waals surface area contributed by atoms with E-state index in [0.717, 1.165) is 54.3 Å². The second-order valence-corrected chi connectivity index (χ2v) is 10.1. The Kier molecular flexibility index (Phi) is 6.96. The number of benzene rings is 1. The molecule has 3 aromatic rings. The van der Waals surface area contributed by atoms with Crippen LogP contribution < -0.4 is 0 Å². The van der Waals surface area contributed by atoms with Crippen LogP contribution in [0, 0.1) is 5.92 Å². The zero-order chi connectivity index (χ0) is 22.7. The van der Waals surface area contributed by atoms with E-state index >= 15 is 0 Å². The molecule has 1 saturated carbocycles. The number of carbonyl (C=O) groups is 1. The summed E-state index contributed by atoms with van der Waals surface area (Å²) in [5, 5.41) is 0.961. The van der Waals surface area contributed by atoms with E-state index in [-0.39, 0.29) is 18.7 Å². The van der Waals surface area contributed by atoms with Gasteiger partial charge in [-0.15, -0.1) is 0 Å². The summed E-state index contributed by atoms with van der Waals surface area (Å²) in [6.45, 7) is 5.59. The maximum atomic E-state index is 12.0. The van der Waals surface area contributed by atoms with E-state index in [1.165, 1.54) is 0 Å². The molecule has 1 aliphatic carbocycles. The lowest BCUT2D eigenvalue weighted by atomic mass is 9.83. The number of halogens is 1. The fourth-order valence-corrected chi connectivity index (χ4v) is 4.97. The van der Waals surface area contributed by atoms with Crippen LogP contribution in [0.2, 0.25) is 0 Å². The molecule has 0 saturated heterocycles. The molecule has 2 atom stereocenters. The number of rotatable bonds is 6. The molecule has 6 nitrogen and oxygen atoms in total. The van der Waals surface area contributed by atoms with Crippen LogP contribution in [0.15, 0.2) is 45.7 Å². The van der Waals surface area contributed by atoms with Gasteiger partial charge in [0.05, 0.1) is 17.2 Å². The fraction of sp³-hybridized carbons (Fsp3) is 0.480. The van der Waals surface area contributed by atoms with Crippen LogP contribution >= 0.6 is 15.9 Å². The molecule has 1 fully saturated rings. The first-order chi connectivity index (χ1) is 15.3. The van der Waals surface area contributed by atoms with Crippen molar-refractivity contribution >= 4 is 33.0 Å². The van der Waals surface area contributed by atoms with Crippen molar-refractivity contribution in [1.82, 2.24) is 9.97 Å². The first-order valence-electron chi connectivity index (χ1n) is 11.1. The Labute approximate surface area is 196 Å². The molecule has 0 radical (unpaired) electrons. The summed E-state index contributed by atoms with van der Waals surface area (Å²) < 4.78 is 17.8. The summed E-state index contributed by atoms with van der Waals surface area (Å²) >= 11 is 3.57. The van der Waals surface area contributed by atoms with Crippen molar-refractivity contribution in [2.24, 2.45) is 5.92 Å². The van der Waals surface area contributed by atoms with E-state index in [4.69, 9.17) is 13.9 Å². The highest BCUT2D eigenvalue weighted by Gasteiger charge is 2.27. The minimum absolute atomic E-state index is 0.000752. The Hall–Kier alpha value is -2.25. The van der Waals surface area contributed by atoms with Crippen LogP contribution in [0.4, 0.5) is 0 Å². The van der Waals surface area contributed by atoms with Gasteiger partial charge in [-0.2, -0.15) is 0 Å². The van der Waals surface area contributed by atoms with Crippen LogP contribution in [0.25, 0.3) is 22.2 Å². The second-order valence-electron chi connectivity index (χ2n) is 9.37. The highest BCUT2D eigenvalue weighted by Crippen LogP contribution is 2.40. The van der Waals surface area contributed by atoms with E-state index in [9.17, 15) is 4.79 Å². The molecule has 2 aromatic heterocycles. The summed E-state index contributed by atoms with van der Waals surface area (Å²) in [6, 6.07) is 10.1. The van der Waals surface area contributed by atoms with Gasteiger partial charge >= 0.3 is 5.97 Å². The van der Waals surface area contributed by atoms with E-state index in [1.54, 1.807) is 6.33 Å². The topological polar surface area (TPSA) is 74.5 Å². The van der Waals surface area contributed by atoms with Gasteiger partial charge < -0.3 is 13.9 Å². The molecule has 7 heteroatoms. The lowest BCUT2D eigenvalue weighted by Crippen LogP contribution is -2.30. The summed E-state index contributed by atoms with van der Waals surface area (Å²) in [5.41, 5.74) is 3.14. The SMILES string of the molecule is CC(C)(C)OC(=O)CO[C@@H]1CCC[C@H](Cc2ncnc3oc(Br)c(-c4ccccc4)c23)C1. The van der Waals surface area contributed by atoms with E-state index < -0.39 is 5.60 Å². The lowest BCUT2D eigenvalue weighted by molar-refractivity contribution is -0.163. The van der Waals surface area contributed by atoms with Crippen LogP contribution in [0.3, 0.4) is 0 Å². The number of ether oxygens (including phenoxy) is 2. The minimum atomic E-state index is -0.497. The van der Waals surface area contributed by atoms with Gasteiger partial charge in [-0.1, -0.05) is 36.8 Å². The molecule has 1 aliphatic rings. The molecule has 0 aliphatic heterocycles. The molecule has 1 aromatic carbocycles. The molecule has 0 amide bonds. The largest absolute Gasteiger partial charge is 0.458 e. The van der Waals surface area contributed by atoms with Crippen molar-refractivity contribution in [3.8, 4) is 11.1 Å². The zero-order valence-electron chi connectivity index (χ0n) is 18.8. The van der Waals surface area contributed by atoms with E-state index in [1.807, 2.05) is 39.0 Å². The Morgan fingerprint density at radius 1 is 1.19 bits per heavy atom. The summed E-state index contributed by atoms with van der Waals surface area (Å²) in [4.78, 5) is 21.0. The van der Waals surface area contributed by atoms with Crippen molar-refractivity contribution in [3.63, 3.8) is 0 Å². The minimum Gasteiger partial charge on any atom is -0.458 e. The monoisotopic (exact) mass is 500 g/mol. The van der Waals surface area contributed by atoms with Gasteiger partial charge in [0.2, 0.25) is 5.71 Å². The maximum absolute atomic E-state index is 12.0. The summed E-state index contributed by atoms with van der Waals surface area (Å²) in [7, 11) is 0. The average molecular weight is 501 g/mol. The number of carbonyl (C=O) groups excluding carboxylic acids is 1. The van der Waals surface area contributed by atoms with Crippen molar-refractivity contribution in [1.29, 1.82) is 0 Å². The molecule has 32 heavy (non-hydrogen) atoms. The number of hydrogen-bond donors (Lipinski definition) is 0. The summed E-state index contributed by atoms with van der Waals surface area (Å²) in [6.07, 6.45) is 6.48. The normalized spacial score (nSPS) is 19.2. The predicted molar refractivity (Wildman–Crippen MR) is 126 cm³/mol. The van der Waals surface area contributed by atoms with Gasteiger partial charge in [0, 0.05) is 5.56 Å². The van der Waals surface area contributed by atoms with Crippen molar-refractivity contribution in [2.45, 2.75) is 64.6 Å². The highest BCUT2D eigenvalue weighted by atomic mass is 79.9. The molecule has 0 bridgehead atoms. The Bertz CT molecular complexity index is 1070. The molecule has 0 N–H and O–H groups in total. The van der Waals surface area contributed by atoms with Crippen LogP contribution in [-0.2, 0) is 20.7 Å². The molecule has 0 spiro atoms. The third-order valence-electron chi connectivity index (χ3n) is 5.66. The highest BCUT2D eigenvalue weighted by molar-refractivity contribution is 9.10. The molecule has 4 rings (SSSR count). The zero-order valence-corrected chi connectivity index (χ0v) is 20.4. The number of nitrogens with zero attached hydrogens (tertiary/aromatic N) is 2. The maximum Gasteiger partial charge on any atom is 0.332 e. The predicted octanol–water partition coefficient (Wildman–Crippen LogP) is 6.11. The lowest BCUT2D eigenvalue weighted by Gasteiger charge is -2.29. The van der Waals surface area contributed by atoms with Gasteiger partial charge in [0.15, 0.2) is 4.67 Å². The first-order valence-corrected chi connectivity index (χ1v) is 11.9. The Morgan fingerprint density at radius 2 is 1.97 bits per heavy atom. The second kappa shape index (κ2) is 9.71. The third-order valence-corrected chi connectivity index (χ3v) is 6.22. The molecular weight excluding hydrogens is 472 g/mol. The van der Waals surface area contributed by atoms with E-state index in [0.29, 0.717) is 16.3 Å². The van der Waals surface area contributed by atoms with Crippen molar-refractivity contribution < 1.29 is 18.7 Å². The van der Waals surface area contributed by atoms with Gasteiger partial charge in [-0.05, 0) is 73.9 Å². The van der Waals surface area contributed by atoms with Crippen molar-refractivity contribution in [3.05, 3.63) is 47.0 Å². The van der Waals surface area contributed by atoms with Gasteiger partial charge in [0.1, 0.15) is 18.5 Å². The van der Waals surface area contributed by atoms with Crippen molar-refractivity contribution in [2.75, 3.05) is 6.61 Å². The standard InChI is InChI=1S/C25H29BrN2O4/c1-25(2,3)32-20(29)14-30-18-11-7-8-16(12-18)13-19-22-21(17-9-5-4-6-10-17)23(26)31-24(22)28-15-27-19/h4-6,9-10,15-16,18H,7-8,11-14H2,1-3H3/t16-,18+/m0/s1. The van der Waals surface area contributed by atoms with Crippen LogP contribution in [-0.4, -0.2) is 34.2 Å². The smallest absolute Gasteiger partial charge is 0.332 e. The van der Waals surface area contributed by atoms with E-state index in [2.05, 4.69) is 38.0 Å². The van der Waals surface area contributed by atoms with Crippen LogP contribution in [0.1, 0.15) is 52.1 Å². The number of fused-ring (bicyclic) bond motifs is 1. The Morgan fingerprint density at radius 3 is 2.72 bits per heavy atom. The van der Waals surface area contributed by atoms with Crippen LogP contribution in [0.5, 0.6) is 0 Å². The quantitative estimate of drug-likeness (QED) is 0.380. The molecular formula is C25H29BrN2O4. The molecule has 0 unspecified atom stereocenters. The number of hydrogen-bond acceptors (Lipinski definition) is 6. The van der Waals surface area contributed by atoms with Gasteiger partial charge in [-0.3, -0.25) is 0 Å². The van der Waals surface area contributed by atoms with Gasteiger partial charge in [-0.25, -0.2) is 14.8 Å². The molecule has 2 heterocycles. The Balaban J connectivity index is 1.48. The fourth-order valence-electron chi connectivity index (χ4n) is 4.39. The third kappa shape index (κ3) is 5.56. The number of esters is 1. The number of furan rings is 1. The first kappa shape index (κ1) is 22.9. The average Bonchev–Trinajstić information content (AvgIpc) is 3.09. The molecule has 170 valence electrons. The van der Waals surface area contributed by atoms with Gasteiger partial charge in [0.25, 0.3) is 0 Å². The number of aromatic nitrogens is 2. The summed E-state index contributed by atoms with van der Waals surface area (Å²) in [5.74, 6) is 0.107.